The number of aryl methyl sites for hydroxylation is 1. The lowest BCUT2D eigenvalue weighted by atomic mass is 10.2. The highest BCUT2D eigenvalue weighted by Gasteiger charge is 2.11. The van der Waals surface area contributed by atoms with Gasteiger partial charge in [0.2, 0.25) is 5.91 Å². The van der Waals surface area contributed by atoms with E-state index in [-0.39, 0.29) is 11.6 Å². The summed E-state index contributed by atoms with van der Waals surface area (Å²) in [5.74, 6) is 0.0199. The van der Waals surface area contributed by atoms with Crippen LogP contribution in [0.1, 0.15) is 22.7 Å². The normalized spacial score (nSPS) is 10.5. The maximum Gasteiger partial charge on any atom is 0.269 e. The lowest BCUT2D eigenvalue weighted by Crippen LogP contribution is -2.15. The number of nitrogens with one attached hydrogen (secondary N) is 1. The lowest BCUT2D eigenvalue weighted by Gasteiger charge is -2.10. The van der Waals surface area contributed by atoms with E-state index in [9.17, 15) is 9.59 Å². The van der Waals surface area contributed by atoms with E-state index in [0.717, 1.165) is 5.76 Å². The zero-order valence-electron chi connectivity index (χ0n) is 12.8. The SMILES string of the molecule is NC(=O)c1ccn(-c2ccccc2NC(=O)CCc2ccco2)n1. The summed E-state index contributed by atoms with van der Waals surface area (Å²) in [5.41, 5.74) is 6.63. The molecule has 0 bridgehead atoms. The molecular formula is C17H16N4O3. The molecular weight excluding hydrogens is 308 g/mol. The third-order valence-electron chi connectivity index (χ3n) is 3.45. The van der Waals surface area contributed by atoms with Crippen molar-refractivity contribution in [2.24, 2.45) is 5.73 Å². The van der Waals surface area contributed by atoms with Gasteiger partial charge in [-0.15, -0.1) is 0 Å². The van der Waals surface area contributed by atoms with Crippen LogP contribution in [0.2, 0.25) is 0 Å². The minimum Gasteiger partial charge on any atom is -0.469 e. The van der Waals surface area contributed by atoms with Crippen molar-refractivity contribution in [3.63, 3.8) is 0 Å². The molecule has 7 nitrogen and oxygen atoms in total. The number of amides is 2. The first kappa shape index (κ1) is 15.5. The zero-order valence-corrected chi connectivity index (χ0v) is 12.8. The van der Waals surface area contributed by atoms with Gasteiger partial charge < -0.3 is 15.5 Å². The molecule has 3 N–H and O–H groups in total. The number of aromatic nitrogens is 2. The summed E-state index contributed by atoms with van der Waals surface area (Å²) in [6, 6.07) is 12.3. The van der Waals surface area contributed by atoms with E-state index in [1.807, 2.05) is 18.2 Å². The molecule has 2 amide bonds. The number of benzene rings is 1. The molecule has 3 rings (SSSR count). The Kier molecular flexibility index (Phi) is 4.42. The topological polar surface area (TPSA) is 103 Å². The van der Waals surface area contributed by atoms with Crippen LogP contribution in [-0.2, 0) is 11.2 Å². The Hall–Kier alpha value is -3.35. The monoisotopic (exact) mass is 324 g/mol. The second-order valence-corrected chi connectivity index (χ2v) is 5.15. The summed E-state index contributed by atoms with van der Waals surface area (Å²) in [6.07, 6.45) is 4.02. The molecule has 0 unspecified atom stereocenters. The third-order valence-corrected chi connectivity index (χ3v) is 3.45. The molecule has 2 heterocycles. The summed E-state index contributed by atoms with van der Waals surface area (Å²) in [6.45, 7) is 0. The van der Waals surface area contributed by atoms with Crippen molar-refractivity contribution in [1.29, 1.82) is 0 Å². The van der Waals surface area contributed by atoms with Crippen LogP contribution in [-0.4, -0.2) is 21.6 Å². The van der Waals surface area contributed by atoms with Gasteiger partial charge in [-0.2, -0.15) is 5.10 Å². The van der Waals surface area contributed by atoms with Crippen molar-refractivity contribution in [3.05, 3.63) is 66.4 Å². The van der Waals surface area contributed by atoms with Crippen molar-refractivity contribution < 1.29 is 14.0 Å². The number of furan rings is 1. The minimum absolute atomic E-state index is 0.138. The summed E-state index contributed by atoms with van der Waals surface area (Å²) in [5, 5.41) is 6.96. The van der Waals surface area contributed by atoms with Crippen LogP contribution in [0.5, 0.6) is 0 Å². The van der Waals surface area contributed by atoms with Crippen LogP contribution < -0.4 is 11.1 Å². The van der Waals surface area contributed by atoms with Crippen LogP contribution in [0.25, 0.3) is 5.69 Å². The van der Waals surface area contributed by atoms with Crippen molar-refractivity contribution in [2.45, 2.75) is 12.8 Å². The predicted octanol–water partition coefficient (Wildman–Crippen LogP) is 2.14. The number of carbonyl (C=O) groups is 2. The fraction of sp³-hybridized carbons (Fsp3) is 0.118. The molecule has 0 aliphatic rings. The van der Waals surface area contributed by atoms with E-state index < -0.39 is 5.91 Å². The smallest absolute Gasteiger partial charge is 0.269 e. The van der Waals surface area contributed by atoms with Gasteiger partial charge in [0.1, 0.15) is 11.5 Å². The number of primary amides is 1. The molecule has 0 spiro atoms. The van der Waals surface area contributed by atoms with Gasteiger partial charge in [-0.3, -0.25) is 9.59 Å². The minimum atomic E-state index is -0.603. The van der Waals surface area contributed by atoms with Gasteiger partial charge in [0.05, 0.1) is 17.6 Å². The maximum absolute atomic E-state index is 12.1. The fourth-order valence-electron chi connectivity index (χ4n) is 2.27. The molecule has 0 radical (unpaired) electrons. The Morgan fingerprint density at radius 2 is 2.00 bits per heavy atom. The van der Waals surface area contributed by atoms with E-state index in [0.29, 0.717) is 24.2 Å². The molecule has 0 atom stereocenters. The van der Waals surface area contributed by atoms with Crippen molar-refractivity contribution in [3.8, 4) is 5.69 Å². The number of carbonyl (C=O) groups excluding carboxylic acids is 2. The number of para-hydroxylation sites is 2. The number of nitrogens with two attached hydrogens (primary N) is 1. The van der Waals surface area contributed by atoms with Gasteiger partial charge in [0, 0.05) is 19.0 Å². The summed E-state index contributed by atoms with van der Waals surface area (Å²) in [7, 11) is 0. The second-order valence-electron chi connectivity index (χ2n) is 5.15. The van der Waals surface area contributed by atoms with E-state index >= 15 is 0 Å². The first-order chi connectivity index (χ1) is 11.6. The molecule has 0 saturated heterocycles. The zero-order chi connectivity index (χ0) is 16.9. The standard InChI is InChI=1S/C17H16N4O3/c18-17(23)14-9-10-21(20-14)15-6-2-1-5-13(15)19-16(22)8-7-12-4-3-11-24-12/h1-6,9-11H,7-8H2,(H2,18,23)(H,19,22). The van der Waals surface area contributed by atoms with E-state index in [4.69, 9.17) is 10.2 Å². The van der Waals surface area contributed by atoms with Crippen LogP contribution in [0, 0.1) is 0 Å². The lowest BCUT2D eigenvalue weighted by molar-refractivity contribution is -0.116. The molecule has 1 aromatic carbocycles. The molecule has 3 aromatic rings. The third kappa shape index (κ3) is 3.52. The Balaban J connectivity index is 1.73. The largest absolute Gasteiger partial charge is 0.469 e. The molecule has 0 fully saturated rings. The Labute approximate surface area is 138 Å². The highest BCUT2D eigenvalue weighted by Crippen LogP contribution is 2.20. The molecule has 24 heavy (non-hydrogen) atoms. The van der Waals surface area contributed by atoms with Crippen LogP contribution >= 0.6 is 0 Å². The Bertz CT molecular complexity index is 852. The van der Waals surface area contributed by atoms with Crippen molar-refractivity contribution in [1.82, 2.24) is 9.78 Å². The van der Waals surface area contributed by atoms with E-state index in [1.165, 1.54) is 10.7 Å². The summed E-state index contributed by atoms with van der Waals surface area (Å²) < 4.78 is 6.72. The first-order valence-electron chi connectivity index (χ1n) is 7.40. The second kappa shape index (κ2) is 6.82. The summed E-state index contributed by atoms with van der Waals surface area (Å²) >= 11 is 0. The molecule has 0 aliphatic heterocycles. The van der Waals surface area contributed by atoms with Crippen LogP contribution in [0.4, 0.5) is 5.69 Å². The maximum atomic E-state index is 12.1. The fourth-order valence-corrected chi connectivity index (χ4v) is 2.27. The van der Waals surface area contributed by atoms with Gasteiger partial charge in [-0.1, -0.05) is 12.1 Å². The van der Waals surface area contributed by atoms with E-state index in [2.05, 4.69) is 10.4 Å². The molecule has 0 saturated carbocycles. The first-order valence-corrected chi connectivity index (χ1v) is 7.40. The molecule has 7 heteroatoms. The van der Waals surface area contributed by atoms with Gasteiger partial charge in [-0.05, 0) is 30.3 Å². The predicted molar refractivity (Wildman–Crippen MR) is 87.7 cm³/mol. The molecule has 122 valence electrons. The Morgan fingerprint density at radius 3 is 2.71 bits per heavy atom. The van der Waals surface area contributed by atoms with Crippen LogP contribution in [0.15, 0.2) is 59.3 Å². The number of nitrogens with zero attached hydrogens (tertiary/aromatic N) is 2. The Morgan fingerprint density at radius 1 is 1.17 bits per heavy atom. The number of anilines is 1. The number of hydrogen-bond acceptors (Lipinski definition) is 4. The highest BCUT2D eigenvalue weighted by atomic mass is 16.3. The number of rotatable bonds is 6. The number of hydrogen-bond donors (Lipinski definition) is 2. The summed E-state index contributed by atoms with van der Waals surface area (Å²) in [4.78, 5) is 23.3. The molecule has 0 aliphatic carbocycles. The highest BCUT2D eigenvalue weighted by molar-refractivity contribution is 5.93. The van der Waals surface area contributed by atoms with Crippen LogP contribution in [0.3, 0.4) is 0 Å². The average Bonchev–Trinajstić information content (AvgIpc) is 3.25. The van der Waals surface area contributed by atoms with Gasteiger partial charge in [0.15, 0.2) is 0 Å². The van der Waals surface area contributed by atoms with Gasteiger partial charge >= 0.3 is 0 Å². The van der Waals surface area contributed by atoms with Gasteiger partial charge in [0.25, 0.3) is 5.91 Å². The van der Waals surface area contributed by atoms with Crippen molar-refractivity contribution >= 4 is 17.5 Å². The van der Waals surface area contributed by atoms with Crippen molar-refractivity contribution in [2.75, 3.05) is 5.32 Å². The van der Waals surface area contributed by atoms with E-state index in [1.54, 1.807) is 30.7 Å². The average molecular weight is 324 g/mol. The van der Waals surface area contributed by atoms with Gasteiger partial charge in [-0.25, -0.2) is 4.68 Å². The molecule has 2 aromatic heterocycles. The quantitative estimate of drug-likeness (QED) is 0.725.